The van der Waals surface area contributed by atoms with Gasteiger partial charge < -0.3 is 20.5 Å². The fourth-order valence-corrected chi connectivity index (χ4v) is 2.57. The van der Waals surface area contributed by atoms with E-state index in [9.17, 15) is 4.79 Å². The number of para-hydroxylation sites is 1. The lowest BCUT2D eigenvalue weighted by atomic mass is 10.1. The van der Waals surface area contributed by atoms with Crippen LogP contribution in [0.4, 0.5) is 11.4 Å². The quantitative estimate of drug-likeness (QED) is 0.643. The Morgan fingerprint density at radius 3 is 2.84 bits per heavy atom. The van der Waals surface area contributed by atoms with Crippen molar-refractivity contribution in [1.82, 2.24) is 0 Å². The predicted molar refractivity (Wildman–Crippen MR) is 74.3 cm³/mol. The van der Waals surface area contributed by atoms with Gasteiger partial charge in [-0.05, 0) is 31.4 Å². The normalized spacial score (nSPS) is 22.2. The van der Waals surface area contributed by atoms with Crippen LogP contribution in [0.3, 0.4) is 0 Å². The van der Waals surface area contributed by atoms with Crippen LogP contribution in [-0.2, 0) is 9.47 Å². The number of nitrogens with one attached hydrogen (secondary N) is 1. The Morgan fingerprint density at radius 1 is 1.37 bits per heavy atom. The first-order valence-electron chi connectivity index (χ1n) is 6.43. The zero-order valence-corrected chi connectivity index (χ0v) is 11.3. The largest absolute Gasteiger partial charge is 0.465 e. The first kappa shape index (κ1) is 13.7. The van der Waals surface area contributed by atoms with Gasteiger partial charge in [0.2, 0.25) is 0 Å². The van der Waals surface area contributed by atoms with E-state index in [1.165, 1.54) is 7.11 Å². The zero-order chi connectivity index (χ0) is 13.8. The van der Waals surface area contributed by atoms with Gasteiger partial charge in [-0.1, -0.05) is 6.07 Å². The number of carbonyl (C=O) groups is 1. The van der Waals surface area contributed by atoms with Crippen LogP contribution in [0.2, 0.25) is 0 Å². The molecule has 19 heavy (non-hydrogen) atoms. The third kappa shape index (κ3) is 2.81. The second-order valence-electron chi connectivity index (χ2n) is 4.72. The molecule has 0 bridgehead atoms. The van der Waals surface area contributed by atoms with Gasteiger partial charge in [0.1, 0.15) is 0 Å². The van der Waals surface area contributed by atoms with Gasteiger partial charge in [0.05, 0.1) is 36.2 Å². The van der Waals surface area contributed by atoms with Gasteiger partial charge >= 0.3 is 5.97 Å². The molecule has 0 aromatic heterocycles. The molecule has 5 heteroatoms. The molecule has 104 valence electrons. The van der Waals surface area contributed by atoms with Crippen molar-refractivity contribution in [3.63, 3.8) is 0 Å². The second kappa shape index (κ2) is 5.93. The first-order valence-corrected chi connectivity index (χ1v) is 6.43. The third-order valence-electron chi connectivity index (χ3n) is 3.59. The highest BCUT2D eigenvalue weighted by Crippen LogP contribution is 2.30. The van der Waals surface area contributed by atoms with E-state index in [4.69, 9.17) is 15.2 Å². The monoisotopic (exact) mass is 264 g/mol. The number of ether oxygens (including phenoxy) is 2. The lowest BCUT2D eigenvalue weighted by Gasteiger charge is -2.23. The van der Waals surface area contributed by atoms with Gasteiger partial charge in [0, 0.05) is 7.11 Å². The Morgan fingerprint density at radius 2 is 2.16 bits per heavy atom. The number of anilines is 2. The summed E-state index contributed by atoms with van der Waals surface area (Å²) in [4.78, 5) is 11.8. The summed E-state index contributed by atoms with van der Waals surface area (Å²) in [6, 6.07) is 5.40. The number of benzene rings is 1. The Labute approximate surface area is 113 Å². The molecule has 0 aliphatic heterocycles. The van der Waals surface area contributed by atoms with Crippen LogP contribution >= 0.6 is 0 Å². The van der Waals surface area contributed by atoms with E-state index < -0.39 is 0 Å². The van der Waals surface area contributed by atoms with Gasteiger partial charge in [-0.2, -0.15) is 0 Å². The standard InChI is InChI=1S/C14H20N2O3/c1-18-12-8-4-7-11(12)16-13-9(14(17)19-2)5-3-6-10(13)15/h3,5-6,11-12,16H,4,7-8,15H2,1-2H3. The topological polar surface area (TPSA) is 73.6 Å². The molecular formula is C14H20N2O3. The Bertz CT molecular complexity index is 462. The Hall–Kier alpha value is -1.75. The fraction of sp³-hybridized carbons (Fsp3) is 0.500. The van der Waals surface area contributed by atoms with Gasteiger partial charge in [-0.3, -0.25) is 0 Å². The zero-order valence-electron chi connectivity index (χ0n) is 11.3. The van der Waals surface area contributed by atoms with Gasteiger partial charge in [-0.25, -0.2) is 4.79 Å². The number of nitrogen functional groups attached to an aromatic ring is 1. The fourth-order valence-electron chi connectivity index (χ4n) is 2.57. The Kier molecular flexibility index (Phi) is 4.27. The summed E-state index contributed by atoms with van der Waals surface area (Å²) in [5, 5.41) is 3.34. The molecule has 0 saturated heterocycles. The molecule has 1 aliphatic rings. The third-order valence-corrected chi connectivity index (χ3v) is 3.59. The number of esters is 1. The molecule has 1 aromatic carbocycles. The van der Waals surface area contributed by atoms with Crippen molar-refractivity contribution >= 4 is 17.3 Å². The average Bonchev–Trinajstić information content (AvgIpc) is 2.87. The molecule has 2 rings (SSSR count). The summed E-state index contributed by atoms with van der Waals surface area (Å²) in [5.41, 5.74) is 7.62. The number of nitrogens with two attached hydrogens (primary N) is 1. The van der Waals surface area contributed by atoms with Crippen LogP contribution in [0.25, 0.3) is 0 Å². The summed E-state index contributed by atoms with van der Waals surface area (Å²) in [7, 11) is 3.07. The molecule has 1 aromatic rings. The summed E-state index contributed by atoms with van der Waals surface area (Å²) < 4.78 is 10.2. The lowest BCUT2D eigenvalue weighted by molar-refractivity contribution is 0.0601. The van der Waals surface area contributed by atoms with Gasteiger partial charge in [-0.15, -0.1) is 0 Å². The maximum Gasteiger partial charge on any atom is 0.340 e. The molecule has 2 atom stereocenters. The van der Waals surface area contributed by atoms with E-state index in [1.807, 2.05) is 0 Å². The number of hydrogen-bond acceptors (Lipinski definition) is 5. The van der Waals surface area contributed by atoms with Crippen molar-refractivity contribution in [3.8, 4) is 0 Å². The van der Waals surface area contributed by atoms with Gasteiger partial charge in [0.25, 0.3) is 0 Å². The van der Waals surface area contributed by atoms with Crippen LogP contribution in [0.1, 0.15) is 29.6 Å². The summed E-state index contributed by atoms with van der Waals surface area (Å²) in [5.74, 6) is -0.387. The van der Waals surface area contributed by atoms with Crippen LogP contribution in [0.5, 0.6) is 0 Å². The molecule has 5 nitrogen and oxygen atoms in total. The van der Waals surface area contributed by atoms with Crippen molar-refractivity contribution in [1.29, 1.82) is 0 Å². The molecule has 0 heterocycles. The average molecular weight is 264 g/mol. The van der Waals surface area contributed by atoms with E-state index in [1.54, 1.807) is 25.3 Å². The van der Waals surface area contributed by atoms with Crippen LogP contribution < -0.4 is 11.1 Å². The second-order valence-corrected chi connectivity index (χ2v) is 4.72. The molecule has 0 radical (unpaired) electrons. The predicted octanol–water partition coefficient (Wildman–Crippen LogP) is 2.03. The molecular weight excluding hydrogens is 244 g/mol. The SMILES string of the molecule is COC(=O)c1cccc(N)c1NC1CCCC1OC. The molecule has 1 saturated carbocycles. The number of hydrogen-bond donors (Lipinski definition) is 2. The molecule has 3 N–H and O–H groups in total. The summed E-state index contributed by atoms with van der Waals surface area (Å²) in [6.07, 6.45) is 3.29. The first-order chi connectivity index (χ1) is 9.17. The Balaban J connectivity index is 2.26. The number of carbonyl (C=O) groups excluding carboxylic acids is 1. The minimum atomic E-state index is -0.387. The van der Waals surface area contributed by atoms with Crippen molar-refractivity contribution in [2.75, 3.05) is 25.3 Å². The number of rotatable bonds is 4. The highest BCUT2D eigenvalue weighted by Gasteiger charge is 2.28. The molecule has 2 unspecified atom stereocenters. The molecule has 1 aliphatic carbocycles. The van der Waals surface area contributed by atoms with Crippen molar-refractivity contribution in [3.05, 3.63) is 23.8 Å². The smallest absolute Gasteiger partial charge is 0.340 e. The molecule has 0 spiro atoms. The van der Waals surface area contributed by atoms with Crippen molar-refractivity contribution < 1.29 is 14.3 Å². The highest BCUT2D eigenvalue weighted by atomic mass is 16.5. The van der Waals surface area contributed by atoms with E-state index in [2.05, 4.69) is 5.32 Å². The highest BCUT2D eigenvalue weighted by molar-refractivity contribution is 5.98. The molecule has 1 fully saturated rings. The van der Waals surface area contributed by atoms with Gasteiger partial charge in [0.15, 0.2) is 0 Å². The summed E-state index contributed by atoms with van der Waals surface area (Å²) in [6.45, 7) is 0. The van der Waals surface area contributed by atoms with E-state index in [-0.39, 0.29) is 18.1 Å². The van der Waals surface area contributed by atoms with E-state index >= 15 is 0 Å². The lowest BCUT2D eigenvalue weighted by Crippen LogP contribution is -2.30. The van der Waals surface area contributed by atoms with E-state index in [0.717, 1.165) is 19.3 Å². The minimum Gasteiger partial charge on any atom is -0.465 e. The van der Waals surface area contributed by atoms with Crippen molar-refractivity contribution in [2.24, 2.45) is 0 Å². The molecule has 0 amide bonds. The van der Waals surface area contributed by atoms with E-state index in [0.29, 0.717) is 16.9 Å². The van der Waals surface area contributed by atoms with Crippen LogP contribution in [0, 0.1) is 0 Å². The maximum atomic E-state index is 11.8. The minimum absolute atomic E-state index is 0.158. The van der Waals surface area contributed by atoms with Crippen molar-refractivity contribution in [2.45, 2.75) is 31.4 Å². The number of methoxy groups -OCH3 is 2. The summed E-state index contributed by atoms with van der Waals surface area (Å²) >= 11 is 0. The maximum absolute atomic E-state index is 11.8. The van der Waals surface area contributed by atoms with Crippen LogP contribution in [0.15, 0.2) is 18.2 Å². The van der Waals surface area contributed by atoms with Crippen LogP contribution in [-0.4, -0.2) is 32.3 Å².